The summed E-state index contributed by atoms with van der Waals surface area (Å²) in [4.78, 5) is -0.339. The van der Waals surface area contributed by atoms with Gasteiger partial charge >= 0.3 is 6.18 Å². The van der Waals surface area contributed by atoms with E-state index in [1.54, 1.807) is 0 Å². The summed E-state index contributed by atoms with van der Waals surface area (Å²) in [5, 5.41) is 11.2. The van der Waals surface area contributed by atoms with E-state index < -0.39 is 21.9 Å². The minimum Gasteiger partial charge on any atom is -0.225 e. The second kappa shape index (κ2) is 4.31. The van der Waals surface area contributed by atoms with Crippen LogP contribution in [0, 0.1) is 0 Å². The third kappa shape index (κ3) is 2.74. The number of sulfonamides is 1. The lowest BCUT2D eigenvalue weighted by atomic mass is 10.3. The predicted octanol–water partition coefficient (Wildman–Crippen LogP) is 0.934. The Hall–Kier alpha value is -1.94. The van der Waals surface area contributed by atoms with Crippen molar-refractivity contribution >= 4 is 10.0 Å². The lowest BCUT2D eigenvalue weighted by Gasteiger charge is -2.06. The normalized spacial score (nSPS) is 12.6. The molecular formula is C9H7F3N4O2S. The first-order chi connectivity index (χ1) is 8.69. The van der Waals surface area contributed by atoms with Crippen LogP contribution in [-0.2, 0) is 16.2 Å². The number of alkyl halides is 3. The van der Waals surface area contributed by atoms with Gasteiger partial charge in [-0.05, 0) is 12.1 Å². The fourth-order valence-electron chi connectivity index (χ4n) is 1.40. The van der Waals surface area contributed by atoms with E-state index in [2.05, 4.69) is 10.3 Å². The van der Waals surface area contributed by atoms with Crippen LogP contribution in [0.2, 0.25) is 0 Å². The average Bonchev–Trinajstić information content (AvgIpc) is 2.76. The summed E-state index contributed by atoms with van der Waals surface area (Å²) in [6.45, 7) is 0. The monoisotopic (exact) mass is 292 g/mol. The molecule has 0 unspecified atom stereocenters. The summed E-state index contributed by atoms with van der Waals surface area (Å²) in [6, 6.07) is 5.28. The summed E-state index contributed by atoms with van der Waals surface area (Å²) in [7, 11) is -4.08. The fourth-order valence-corrected chi connectivity index (χ4v) is 2.12. The van der Waals surface area contributed by atoms with Crippen LogP contribution in [-0.4, -0.2) is 23.4 Å². The van der Waals surface area contributed by atoms with Crippen LogP contribution in [0.3, 0.4) is 0 Å². The molecule has 1 aromatic heterocycles. The quantitative estimate of drug-likeness (QED) is 0.891. The zero-order valence-corrected chi connectivity index (χ0v) is 9.98. The Balaban J connectivity index is 2.58. The van der Waals surface area contributed by atoms with Crippen molar-refractivity contribution in [2.45, 2.75) is 11.1 Å². The summed E-state index contributed by atoms with van der Waals surface area (Å²) in [5.41, 5.74) is -1.33. The minimum absolute atomic E-state index is 0.104. The second-order valence-electron chi connectivity index (χ2n) is 3.56. The maximum absolute atomic E-state index is 12.4. The van der Waals surface area contributed by atoms with Crippen molar-refractivity contribution in [2.75, 3.05) is 0 Å². The molecule has 0 atom stereocenters. The van der Waals surface area contributed by atoms with E-state index in [1.807, 2.05) is 0 Å². The highest BCUT2D eigenvalue weighted by atomic mass is 32.2. The molecule has 0 saturated heterocycles. The zero-order valence-electron chi connectivity index (χ0n) is 9.16. The molecule has 0 aliphatic rings. The van der Waals surface area contributed by atoms with E-state index in [0.717, 1.165) is 0 Å². The highest BCUT2D eigenvalue weighted by molar-refractivity contribution is 7.89. The van der Waals surface area contributed by atoms with E-state index in [-0.39, 0.29) is 10.6 Å². The Morgan fingerprint density at radius 3 is 2.37 bits per heavy atom. The molecule has 19 heavy (non-hydrogen) atoms. The molecule has 6 nitrogen and oxygen atoms in total. The van der Waals surface area contributed by atoms with E-state index in [1.165, 1.54) is 24.3 Å². The summed E-state index contributed by atoms with van der Waals surface area (Å²) >= 11 is 0. The Kier molecular flexibility index (Phi) is 3.06. The van der Waals surface area contributed by atoms with E-state index >= 15 is 0 Å². The molecule has 1 heterocycles. The van der Waals surface area contributed by atoms with Gasteiger partial charge in [0.1, 0.15) is 4.90 Å². The third-order valence-electron chi connectivity index (χ3n) is 2.20. The predicted molar refractivity (Wildman–Crippen MR) is 57.7 cm³/mol. The van der Waals surface area contributed by atoms with E-state index in [9.17, 15) is 21.6 Å². The van der Waals surface area contributed by atoms with Gasteiger partial charge in [-0.1, -0.05) is 17.3 Å². The van der Waals surface area contributed by atoms with Gasteiger partial charge < -0.3 is 0 Å². The molecule has 0 fully saturated rings. The molecule has 0 spiro atoms. The lowest BCUT2D eigenvalue weighted by molar-refractivity contribution is -0.141. The van der Waals surface area contributed by atoms with Crippen molar-refractivity contribution in [1.82, 2.24) is 15.0 Å². The molecule has 0 aliphatic carbocycles. The Morgan fingerprint density at radius 2 is 1.84 bits per heavy atom. The number of primary sulfonamides is 1. The van der Waals surface area contributed by atoms with Crippen molar-refractivity contribution in [3.63, 3.8) is 0 Å². The maximum atomic E-state index is 12.4. The molecule has 10 heteroatoms. The molecule has 2 rings (SSSR count). The van der Waals surface area contributed by atoms with Crippen LogP contribution in [0.4, 0.5) is 13.2 Å². The fraction of sp³-hybridized carbons (Fsp3) is 0.111. The maximum Gasteiger partial charge on any atom is 0.436 e. The van der Waals surface area contributed by atoms with Gasteiger partial charge in [-0.25, -0.2) is 18.2 Å². The van der Waals surface area contributed by atoms with Crippen LogP contribution in [0.15, 0.2) is 35.4 Å². The number of nitrogens with two attached hydrogens (primary N) is 1. The number of hydrogen-bond donors (Lipinski definition) is 1. The zero-order chi connectivity index (χ0) is 14.3. The average molecular weight is 292 g/mol. The van der Waals surface area contributed by atoms with Crippen molar-refractivity contribution < 1.29 is 21.6 Å². The largest absolute Gasteiger partial charge is 0.436 e. The van der Waals surface area contributed by atoms with Crippen LogP contribution in [0.5, 0.6) is 0 Å². The van der Waals surface area contributed by atoms with Gasteiger partial charge in [-0.15, -0.1) is 5.10 Å². The Morgan fingerprint density at radius 1 is 1.21 bits per heavy atom. The van der Waals surface area contributed by atoms with Crippen molar-refractivity contribution in [3.05, 3.63) is 36.2 Å². The molecule has 2 N–H and O–H groups in total. The number of hydrogen-bond acceptors (Lipinski definition) is 4. The standard InChI is InChI=1S/C9H7F3N4O2S/c10-9(11,12)8-5-16(15-14-8)6-3-1-2-4-7(6)19(13,17)18/h1-5H,(H2,13,17,18). The number of rotatable bonds is 2. The van der Waals surface area contributed by atoms with Crippen LogP contribution >= 0.6 is 0 Å². The number of nitrogens with zero attached hydrogens (tertiary/aromatic N) is 3. The van der Waals surface area contributed by atoms with Gasteiger partial charge in [0, 0.05) is 0 Å². The molecule has 0 saturated carbocycles. The van der Waals surface area contributed by atoms with Gasteiger partial charge in [0.15, 0.2) is 5.69 Å². The Labute approximate surface area is 105 Å². The molecule has 1 aromatic carbocycles. The second-order valence-corrected chi connectivity index (χ2v) is 5.09. The van der Waals surface area contributed by atoms with Gasteiger partial charge in [-0.2, -0.15) is 13.2 Å². The first-order valence-corrected chi connectivity index (χ1v) is 6.36. The summed E-state index contributed by atoms with van der Waals surface area (Å²) in [5.74, 6) is 0. The molecule has 0 radical (unpaired) electrons. The van der Waals surface area contributed by atoms with Gasteiger partial charge in [0.25, 0.3) is 0 Å². The highest BCUT2D eigenvalue weighted by Crippen LogP contribution is 2.28. The summed E-state index contributed by atoms with van der Waals surface area (Å²) < 4.78 is 60.5. The van der Waals surface area contributed by atoms with Crippen molar-refractivity contribution in [2.24, 2.45) is 5.14 Å². The number of aromatic nitrogens is 3. The van der Waals surface area contributed by atoms with E-state index in [4.69, 9.17) is 5.14 Å². The first-order valence-electron chi connectivity index (χ1n) is 4.81. The molecule has 0 bridgehead atoms. The molecule has 102 valence electrons. The van der Waals surface area contributed by atoms with Crippen LogP contribution < -0.4 is 5.14 Å². The molecule has 2 aromatic rings. The number of halogens is 3. The Bertz CT molecular complexity index is 708. The van der Waals surface area contributed by atoms with Crippen LogP contribution in [0.25, 0.3) is 5.69 Å². The van der Waals surface area contributed by atoms with Crippen molar-refractivity contribution in [1.29, 1.82) is 0 Å². The molecule has 0 aliphatic heterocycles. The van der Waals surface area contributed by atoms with Gasteiger partial charge in [0.05, 0.1) is 11.9 Å². The topological polar surface area (TPSA) is 90.9 Å². The van der Waals surface area contributed by atoms with Crippen LogP contribution in [0.1, 0.15) is 5.69 Å². The number of benzene rings is 1. The molecule has 0 amide bonds. The smallest absolute Gasteiger partial charge is 0.225 e. The van der Waals surface area contributed by atoms with E-state index in [0.29, 0.717) is 10.9 Å². The third-order valence-corrected chi connectivity index (χ3v) is 3.16. The van der Waals surface area contributed by atoms with Crippen molar-refractivity contribution in [3.8, 4) is 5.69 Å². The number of para-hydroxylation sites is 1. The van der Waals surface area contributed by atoms with Gasteiger partial charge in [0.2, 0.25) is 10.0 Å². The highest BCUT2D eigenvalue weighted by Gasteiger charge is 2.34. The summed E-state index contributed by atoms with van der Waals surface area (Å²) in [6.07, 6.45) is -4.07. The molecular weight excluding hydrogens is 285 g/mol. The first kappa shape index (κ1) is 13.5. The lowest BCUT2D eigenvalue weighted by Crippen LogP contribution is -2.15. The SMILES string of the molecule is NS(=O)(=O)c1ccccc1-n1cc(C(F)(F)F)nn1. The van der Waals surface area contributed by atoms with Gasteiger partial charge in [-0.3, -0.25) is 0 Å². The minimum atomic E-state index is -4.66.